The number of carbonyl (C=O) groups is 1. The van der Waals surface area contributed by atoms with Crippen molar-refractivity contribution in [3.05, 3.63) is 78.5 Å². The number of likely N-dealkylation sites (tertiary alicyclic amines) is 1. The topological polar surface area (TPSA) is 80.0 Å². The number of amides is 1. The summed E-state index contributed by atoms with van der Waals surface area (Å²) < 4.78 is 1.74. The molecule has 35 heavy (non-hydrogen) atoms. The van der Waals surface area contributed by atoms with E-state index in [0.717, 1.165) is 47.5 Å². The van der Waals surface area contributed by atoms with Gasteiger partial charge in [-0.15, -0.1) is 0 Å². The lowest BCUT2D eigenvalue weighted by atomic mass is 9.89. The summed E-state index contributed by atoms with van der Waals surface area (Å²) in [5.74, 6) is 0.814. The Labute approximate surface area is 205 Å². The largest absolute Gasteiger partial charge is 0.347 e. The minimum absolute atomic E-state index is 0.00286. The third kappa shape index (κ3) is 4.77. The SMILES string of the molecule is CN(C)c1ncc(-c2ccccc2)c(C2CCCN(C(=O)c3ccc(-c4cnn(C)c4)nc3)C2)n1. The Kier molecular flexibility index (Phi) is 6.27. The molecule has 1 aromatic carbocycles. The first kappa shape index (κ1) is 22.7. The average molecular weight is 468 g/mol. The molecule has 8 nitrogen and oxygen atoms in total. The highest BCUT2D eigenvalue weighted by molar-refractivity contribution is 5.94. The smallest absolute Gasteiger partial charge is 0.255 e. The zero-order chi connectivity index (χ0) is 24.4. The fourth-order valence-corrected chi connectivity index (χ4v) is 4.56. The third-order valence-corrected chi connectivity index (χ3v) is 6.40. The Balaban J connectivity index is 1.40. The van der Waals surface area contributed by atoms with Gasteiger partial charge in [0.2, 0.25) is 5.95 Å². The lowest BCUT2D eigenvalue weighted by Crippen LogP contribution is -2.39. The molecule has 4 heterocycles. The van der Waals surface area contributed by atoms with E-state index in [1.54, 1.807) is 17.1 Å². The van der Waals surface area contributed by atoms with E-state index in [0.29, 0.717) is 18.1 Å². The number of hydrogen-bond acceptors (Lipinski definition) is 6. The van der Waals surface area contributed by atoms with Crippen LogP contribution in [-0.4, -0.2) is 62.7 Å². The molecule has 1 saturated heterocycles. The Morgan fingerprint density at radius 2 is 1.83 bits per heavy atom. The number of benzene rings is 1. The molecule has 1 fully saturated rings. The predicted octanol–water partition coefficient (Wildman–Crippen LogP) is 4.02. The van der Waals surface area contributed by atoms with Crippen molar-refractivity contribution in [3.63, 3.8) is 0 Å². The summed E-state index contributed by atoms with van der Waals surface area (Å²) in [5.41, 5.74) is 5.44. The van der Waals surface area contributed by atoms with E-state index in [-0.39, 0.29) is 11.8 Å². The van der Waals surface area contributed by atoms with Gasteiger partial charge in [0.15, 0.2) is 0 Å². The molecule has 178 valence electrons. The van der Waals surface area contributed by atoms with Gasteiger partial charge in [0, 0.05) is 69.9 Å². The number of carbonyl (C=O) groups excluding carboxylic acids is 1. The number of rotatable bonds is 5. The van der Waals surface area contributed by atoms with E-state index in [2.05, 4.69) is 27.2 Å². The second-order valence-electron chi connectivity index (χ2n) is 9.15. The van der Waals surface area contributed by atoms with Gasteiger partial charge in [-0.25, -0.2) is 9.97 Å². The van der Waals surface area contributed by atoms with Crippen molar-refractivity contribution in [2.75, 3.05) is 32.1 Å². The van der Waals surface area contributed by atoms with E-state index in [1.807, 2.05) is 73.7 Å². The molecular weight excluding hydrogens is 438 g/mol. The Morgan fingerprint density at radius 1 is 1.00 bits per heavy atom. The quantitative estimate of drug-likeness (QED) is 0.441. The molecule has 1 atom stereocenters. The van der Waals surface area contributed by atoms with Gasteiger partial charge in [0.25, 0.3) is 5.91 Å². The van der Waals surface area contributed by atoms with Gasteiger partial charge in [-0.1, -0.05) is 30.3 Å². The van der Waals surface area contributed by atoms with E-state index in [4.69, 9.17) is 4.98 Å². The average Bonchev–Trinajstić information content (AvgIpc) is 3.34. The van der Waals surface area contributed by atoms with Crippen LogP contribution in [0.25, 0.3) is 22.4 Å². The fraction of sp³-hybridized carbons (Fsp3) is 0.296. The van der Waals surface area contributed by atoms with Crippen LogP contribution in [-0.2, 0) is 7.05 Å². The molecule has 0 bridgehead atoms. The standard InChI is InChI=1S/C27H29N7O/c1-32(2)27-29-16-23(19-8-5-4-6-9-19)25(31-27)21-10-7-13-34(18-21)26(35)20-11-12-24(28-14-20)22-15-30-33(3)17-22/h4-6,8-9,11-12,14-17,21H,7,10,13,18H2,1-3H3. The maximum absolute atomic E-state index is 13.4. The maximum atomic E-state index is 13.4. The minimum Gasteiger partial charge on any atom is -0.347 e. The van der Waals surface area contributed by atoms with Crippen LogP contribution in [0.15, 0.2) is 67.3 Å². The summed E-state index contributed by atoms with van der Waals surface area (Å²) in [6.07, 6.45) is 9.16. The zero-order valence-electron chi connectivity index (χ0n) is 20.3. The number of pyridine rings is 1. The highest BCUT2D eigenvalue weighted by atomic mass is 16.2. The van der Waals surface area contributed by atoms with Crippen LogP contribution >= 0.6 is 0 Å². The molecule has 1 amide bonds. The highest BCUT2D eigenvalue weighted by Crippen LogP contribution is 2.34. The van der Waals surface area contributed by atoms with Crippen molar-refractivity contribution in [3.8, 4) is 22.4 Å². The van der Waals surface area contributed by atoms with Crippen LogP contribution in [0, 0.1) is 0 Å². The molecular formula is C27H29N7O. The van der Waals surface area contributed by atoms with Crippen molar-refractivity contribution in [2.45, 2.75) is 18.8 Å². The van der Waals surface area contributed by atoms with Crippen LogP contribution in [0.4, 0.5) is 5.95 Å². The van der Waals surface area contributed by atoms with Gasteiger partial charge in [-0.05, 0) is 30.5 Å². The molecule has 1 unspecified atom stereocenters. The summed E-state index contributed by atoms with van der Waals surface area (Å²) in [6.45, 7) is 1.35. The number of aromatic nitrogens is 5. The summed E-state index contributed by atoms with van der Waals surface area (Å²) in [7, 11) is 5.76. The number of aryl methyl sites for hydroxylation is 1. The molecule has 0 aliphatic carbocycles. The number of piperidine rings is 1. The second kappa shape index (κ2) is 9.66. The molecule has 0 spiro atoms. The second-order valence-corrected chi connectivity index (χ2v) is 9.15. The maximum Gasteiger partial charge on any atom is 0.255 e. The fourth-order valence-electron chi connectivity index (χ4n) is 4.56. The first-order chi connectivity index (χ1) is 17.0. The van der Waals surface area contributed by atoms with Crippen molar-refractivity contribution in [1.82, 2.24) is 29.6 Å². The number of nitrogens with zero attached hydrogens (tertiary/aromatic N) is 7. The summed E-state index contributed by atoms with van der Waals surface area (Å²) in [5, 5.41) is 4.20. The van der Waals surface area contributed by atoms with Crippen LogP contribution in [0.3, 0.4) is 0 Å². The van der Waals surface area contributed by atoms with E-state index < -0.39 is 0 Å². The Bertz CT molecular complexity index is 1320. The number of anilines is 1. The van der Waals surface area contributed by atoms with Gasteiger partial charge >= 0.3 is 0 Å². The van der Waals surface area contributed by atoms with Gasteiger partial charge in [-0.2, -0.15) is 5.10 Å². The van der Waals surface area contributed by atoms with Crippen molar-refractivity contribution in [1.29, 1.82) is 0 Å². The van der Waals surface area contributed by atoms with Crippen LogP contribution in [0.2, 0.25) is 0 Å². The van der Waals surface area contributed by atoms with Gasteiger partial charge in [0.05, 0.1) is 23.1 Å². The van der Waals surface area contributed by atoms with Gasteiger partial charge in [-0.3, -0.25) is 14.5 Å². The molecule has 1 aliphatic rings. The predicted molar refractivity (Wildman–Crippen MR) is 136 cm³/mol. The lowest BCUT2D eigenvalue weighted by Gasteiger charge is -2.33. The summed E-state index contributed by atoms with van der Waals surface area (Å²) in [4.78, 5) is 31.3. The van der Waals surface area contributed by atoms with Gasteiger partial charge < -0.3 is 9.80 Å². The Hall–Kier alpha value is -4.07. The first-order valence-corrected chi connectivity index (χ1v) is 11.8. The molecule has 1 aliphatic heterocycles. The minimum atomic E-state index is 0.00286. The molecule has 4 aromatic rings. The molecule has 5 rings (SSSR count). The van der Waals surface area contributed by atoms with E-state index in [9.17, 15) is 4.79 Å². The van der Waals surface area contributed by atoms with Crippen molar-refractivity contribution < 1.29 is 4.79 Å². The molecule has 0 saturated carbocycles. The lowest BCUT2D eigenvalue weighted by molar-refractivity contribution is 0.0705. The molecule has 0 radical (unpaired) electrons. The number of hydrogen-bond donors (Lipinski definition) is 0. The summed E-state index contributed by atoms with van der Waals surface area (Å²) >= 11 is 0. The van der Waals surface area contributed by atoms with Crippen LogP contribution in [0.5, 0.6) is 0 Å². The van der Waals surface area contributed by atoms with E-state index >= 15 is 0 Å². The monoisotopic (exact) mass is 467 g/mol. The van der Waals surface area contributed by atoms with Crippen LogP contribution in [0.1, 0.15) is 34.8 Å². The van der Waals surface area contributed by atoms with Crippen molar-refractivity contribution >= 4 is 11.9 Å². The van der Waals surface area contributed by atoms with E-state index in [1.165, 1.54) is 0 Å². The molecule has 0 N–H and O–H groups in total. The molecule has 8 heteroatoms. The zero-order valence-corrected chi connectivity index (χ0v) is 20.3. The third-order valence-electron chi connectivity index (χ3n) is 6.40. The molecule has 3 aromatic heterocycles. The Morgan fingerprint density at radius 3 is 2.51 bits per heavy atom. The summed E-state index contributed by atoms with van der Waals surface area (Å²) in [6, 6.07) is 14.0. The highest BCUT2D eigenvalue weighted by Gasteiger charge is 2.29. The normalized spacial score (nSPS) is 15.7. The van der Waals surface area contributed by atoms with Gasteiger partial charge in [0.1, 0.15) is 0 Å². The van der Waals surface area contributed by atoms with Crippen molar-refractivity contribution in [2.24, 2.45) is 7.05 Å². The van der Waals surface area contributed by atoms with Crippen LogP contribution < -0.4 is 4.90 Å². The first-order valence-electron chi connectivity index (χ1n) is 11.8.